The number of phosphoric ester groups is 1. The molecule has 0 aliphatic rings. The van der Waals surface area contributed by atoms with Crippen LogP contribution in [-0.2, 0) is 32.7 Å². The van der Waals surface area contributed by atoms with E-state index >= 15 is 0 Å². The summed E-state index contributed by atoms with van der Waals surface area (Å²) in [5.41, 5.74) is 0. The highest BCUT2D eigenvalue weighted by Crippen LogP contribution is 2.43. The first-order valence-corrected chi connectivity index (χ1v) is 23.7. The lowest BCUT2D eigenvalue weighted by atomic mass is 10.1. The molecule has 10 heteroatoms. The number of ether oxygens (including phenoxy) is 2. The Morgan fingerprint density at radius 1 is 0.561 bits per heavy atom. The molecule has 0 radical (unpaired) electrons. The first-order valence-electron chi connectivity index (χ1n) is 22.2. The van der Waals surface area contributed by atoms with Gasteiger partial charge in [-0.05, 0) is 51.4 Å². The molecule has 328 valence electrons. The van der Waals surface area contributed by atoms with Crippen LogP contribution in [0.5, 0.6) is 0 Å². The van der Waals surface area contributed by atoms with Gasteiger partial charge >= 0.3 is 19.8 Å². The average Bonchev–Trinajstić information content (AvgIpc) is 3.16. The van der Waals surface area contributed by atoms with E-state index in [2.05, 4.69) is 32.1 Å². The molecule has 2 atom stereocenters. The van der Waals surface area contributed by atoms with Crippen molar-refractivity contribution in [3.8, 4) is 0 Å². The van der Waals surface area contributed by atoms with Gasteiger partial charge in [0.1, 0.15) is 19.8 Å². The van der Waals surface area contributed by atoms with E-state index < -0.39 is 32.5 Å². The minimum atomic E-state index is -4.40. The van der Waals surface area contributed by atoms with Crippen LogP contribution >= 0.6 is 7.82 Å². The highest BCUT2D eigenvalue weighted by atomic mass is 31.2. The van der Waals surface area contributed by atoms with Crippen molar-refractivity contribution in [2.45, 2.75) is 168 Å². The number of carbonyl (C=O) groups excluding carboxylic acids is 2. The van der Waals surface area contributed by atoms with E-state index in [9.17, 15) is 19.0 Å². The van der Waals surface area contributed by atoms with Gasteiger partial charge in [0.15, 0.2) is 6.10 Å². The van der Waals surface area contributed by atoms with E-state index in [4.69, 9.17) is 18.5 Å². The van der Waals surface area contributed by atoms with Crippen LogP contribution in [0.3, 0.4) is 0 Å². The predicted octanol–water partition coefficient (Wildman–Crippen LogP) is 12.6. The van der Waals surface area contributed by atoms with Crippen molar-refractivity contribution >= 4 is 19.8 Å². The van der Waals surface area contributed by atoms with Crippen molar-refractivity contribution in [3.63, 3.8) is 0 Å². The van der Waals surface area contributed by atoms with Crippen LogP contribution in [0, 0.1) is 0 Å². The number of unbranched alkanes of at least 4 members (excludes halogenated alkanes) is 17. The number of nitrogens with zero attached hydrogens (tertiary/aromatic N) is 1. The topological polar surface area (TPSA) is 108 Å². The molecule has 0 aliphatic heterocycles. The lowest BCUT2D eigenvalue weighted by Gasteiger charge is -2.24. The van der Waals surface area contributed by atoms with Crippen molar-refractivity contribution in [2.24, 2.45) is 0 Å². The number of phosphoric acid groups is 1. The number of hydrogen-bond acceptors (Lipinski definition) is 7. The standard InChI is InChI=1S/C47H82NO8P/c1-6-8-10-12-14-16-18-20-21-22-23-24-25-26-28-29-31-33-35-37-39-46(49)53-43-45(44-55-57(51,52)54-42-41-48(3,4)5)56-47(50)40-38-36-34-32-30-27-19-17-15-13-11-9-7-2/h9,11,13,15,17,19,23-24,27,30,32,34,45H,6-8,10,12,14,16,18,20-22,25-26,28-29,31,33,35-44H2,1-5H3/p+1/b11-9+,15-13+,19-17+,24-23+,30-27+,34-32+. The third kappa shape index (κ3) is 42.9. The number of hydrogen-bond donors (Lipinski definition) is 1. The number of quaternary nitrogens is 1. The van der Waals surface area contributed by atoms with Gasteiger partial charge in [0.2, 0.25) is 0 Å². The number of allylic oxidation sites excluding steroid dienone is 12. The summed E-state index contributed by atoms with van der Waals surface area (Å²) in [6, 6.07) is 0. The summed E-state index contributed by atoms with van der Waals surface area (Å²) in [5, 5.41) is 0. The van der Waals surface area contributed by atoms with E-state index in [1.165, 1.54) is 83.5 Å². The number of carbonyl (C=O) groups is 2. The van der Waals surface area contributed by atoms with E-state index in [0.29, 0.717) is 23.9 Å². The fourth-order valence-electron chi connectivity index (χ4n) is 5.63. The maximum atomic E-state index is 12.6. The Morgan fingerprint density at radius 2 is 1.04 bits per heavy atom. The van der Waals surface area contributed by atoms with Crippen LogP contribution in [0.1, 0.15) is 162 Å². The Kier molecular flexibility index (Phi) is 37.2. The molecule has 0 fully saturated rings. The maximum absolute atomic E-state index is 12.6. The van der Waals surface area contributed by atoms with Crippen molar-refractivity contribution in [1.82, 2.24) is 0 Å². The average molecular weight is 821 g/mol. The lowest BCUT2D eigenvalue weighted by molar-refractivity contribution is -0.870. The van der Waals surface area contributed by atoms with Crippen molar-refractivity contribution in [3.05, 3.63) is 72.9 Å². The Bertz CT molecular complexity index is 1200. The molecule has 2 unspecified atom stereocenters. The molecule has 1 N–H and O–H groups in total. The summed E-state index contributed by atoms with van der Waals surface area (Å²) in [7, 11) is 1.42. The molecule has 0 saturated carbocycles. The van der Waals surface area contributed by atoms with E-state index in [0.717, 1.165) is 38.5 Å². The molecule has 0 saturated heterocycles. The van der Waals surface area contributed by atoms with Crippen molar-refractivity contribution in [2.75, 3.05) is 47.5 Å². The zero-order valence-corrected chi connectivity index (χ0v) is 37.7. The first-order chi connectivity index (χ1) is 27.5. The van der Waals surface area contributed by atoms with Gasteiger partial charge in [-0.1, -0.05) is 170 Å². The first kappa shape index (κ1) is 54.5. The van der Waals surface area contributed by atoms with Gasteiger partial charge in [0, 0.05) is 12.8 Å². The molecule has 0 rings (SSSR count). The molecule has 57 heavy (non-hydrogen) atoms. The van der Waals surface area contributed by atoms with Crippen molar-refractivity contribution < 1.29 is 42.1 Å². The summed E-state index contributed by atoms with van der Waals surface area (Å²) >= 11 is 0. The van der Waals surface area contributed by atoms with Gasteiger partial charge in [-0.3, -0.25) is 18.6 Å². The molecule has 9 nitrogen and oxygen atoms in total. The normalized spacial score (nSPS) is 14.3. The number of esters is 2. The van der Waals surface area contributed by atoms with Gasteiger partial charge in [-0.2, -0.15) is 0 Å². The van der Waals surface area contributed by atoms with Gasteiger partial charge in [0.25, 0.3) is 0 Å². The van der Waals surface area contributed by atoms with Crippen LogP contribution in [-0.4, -0.2) is 74.9 Å². The fourth-order valence-corrected chi connectivity index (χ4v) is 6.37. The van der Waals surface area contributed by atoms with Crippen molar-refractivity contribution in [1.29, 1.82) is 0 Å². The summed E-state index contributed by atoms with van der Waals surface area (Å²) in [6.07, 6.45) is 48.3. The Morgan fingerprint density at radius 3 is 1.58 bits per heavy atom. The molecule has 0 aromatic heterocycles. The van der Waals surface area contributed by atoms with Crippen LogP contribution in [0.15, 0.2) is 72.9 Å². The number of rotatable bonds is 39. The molecular formula is C47H83NO8P+. The summed E-state index contributed by atoms with van der Waals surface area (Å²) < 4.78 is 34.2. The van der Waals surface area contributed by atoms with Gasteiger partial charge < -0.3 is 18.9 Å². The Balaban J connectivity index is 4.39. The minimum absolute atomic E-state index is 0.0141. The SMILES string of the molecule is CC/C=C/C=C/C=C/C=C/C=C/CCCC(=O)OC(COC(=O)CCCCCCCCC/C=C/CCCCCCCCCCC)COP(=O)(O)OCC[N+](C)(C)C. The van der Waals surface area contributed by atoms with Crippen LogP contribution in [0.4, 0.5) is 0 Å². The van der Waals surface area contributed by atoms with Gasteiger partial charge in [0.05, 0.1) is 27.7 Å². The quantitative estimate of drug-likeness (QED) is 0.0163. The highest BCUT2D eigenvalue weighted by molar-refractivity contribution is 7.47. The molecular weight excluding hydrogens is 737 g/mol. The summed E-state index contributed by atoms with van der Waals surface area (Å²) in [6.45, 7) is 4.17. The molecule has 0 aromatic rings. The van der Waals surface area contributed by atoms with E-state index in [1.807, 2.05) is 75.8 Å². The van der Waals surface area contributed by atoms with Crippen LogP contribution in [0.25, 0.3) is 0 Å². The Hall–Kier alpha value is -2.55. The second-order valence-corrected chi connectivity index (χ2v) is 17.3. The number of likely N-dealkylation sites (N-methyl/N-ethyl adjacent to an activating group) is 1. The second kappa shape index (κ2) is 38.9. The summed E-state index contributed by atoms with van der Waals surface area (Å²) in [4.78, 5) is 35.3. The van der Waals surface area contributed by atoms with E-state index in [1.54, 1.807) is 0 Å². The molecule has 0 bridgehead atoms. The molecule has 0 heterocycles. The molecule has 0 aliphatic carbocycles. The fraction of sp³-hybridized carbons (Fsp3) is 0.702. The molecule has 0 spiro atoms. The summed E-state index contributed by atoms with van der Waals surface area (Å²) in [5.74, 6) is -0.895. The third-order valence-corrected chi connectivity index (χ3v) is 10.1. The zero-order valence-electron chi connectivity index (χ0n) is 36.8. The molecule has 0 aromatic carbocycles. The second-order valence-electron chi connectivity index (χ2n) is 15.8. The van der Waals surface area contributed by atoms with Gasteiger partial charge in [-0.15, -0.1) is 0 Å². The predicted molar refractivity (Wildman–Crippen MR) is 238 cm³/mol. The van der Waals surface area contributed by atoms with Crippen LogP contribution in [0.2, 0.25) is 0 Å². The smallest absolute Gasteiger partial charge is 0.462 e. The van der Waals surface area contributed by atoms with Gasteiger partial charge in [-0.25, -0.2) is 4.57 Å². The highest BCUT2D eigenvalue weighted by Gasteiger charge is 2.27. The zero-order chi connectivity index (χ0) is 42.1. The van der Waals surface area contributed by atoms with E-state index in [-0.39, 0.29) is 26.1 Å². The Labute approximate surface area is 348 Å². The minimum Gasteiger partial charge on any atom is -0.462 e. The maximum Gasteiger partial charge on any atom is 0.472 e. The van der Waals surface area contributed by atoms with Crippen LogP contribution < -0.4 is 0 Å². The third-order valence-electron chi connectivity index (χ3n) is 9.10. The monoisotopic (exact) mass is 821 g/mol. The molecule has 0 amide bonds. The lowest BCUT2D eigenvalue weighted by Crippen LogP contribution is -2.37. The largest absolute Gasteiger partial charge is 0.472 e.